The van der Waals surface area contributed by atoms with Gasteiger partial charge in [-0.05, 0) is 79.1 Å². The number of oxazole rings is 1. The minimum absolute atomic E-state index is 0.280. The van der Waals surface area contributed by atoms with E-state index in [4.69, 9.17) is 4.42 Å². The second-order valence-electron chi connectivity index (χ2n) is 6.85. The van der Waals surface area contributed by atoms with Gasteiger partial charge in [-0.25, -0.2) is 9.37 Å². The van der Waals surface area contributed by atoms with Crippen LogP contribution in [-0.2, 0) is 6.42 Å². The van der Waals surface area contributed by atoms with E-state index < -0.39 is 0 Å². The molecular weight excluding hydrogens is 355 g/mol. The molecule has 0 aliphatic carbocycles. The number of rotatable bonds is 4. The molecule has 0 unspecified atom stereocenters. The number of amides is 1. The predicted octanol–water partition coefficient (Wildman–Crippen LogP) is 5.43. The Morgan fingerprint density at radius 3 is 2.39 bits per heavy atom. The van der Waals surface area contributed by atoms with E-state index in [1.807, 2.05) is 36.4 Å². The Bertz CT molecular complexity index is 1110. The fraction of sp³-hybridized carbons (Fsp3) is 0.130. The van der Waals surface area contributed by atoms with Crippen LogP contribution in [0, 0.1) is 19.7 Å². The molecule has 1 heterocycles. The van der Waals surface area contributed by atoms with Crippen molar-refractivity contribution in [3.8, 4) is 0 Å². The molecule has 0 saturated carbocycles. The van der Waals surface area contributed by atoms with Crippen molar-refractivity contribution < 1.29 is 13.6 Å². The zero-order valence-corrected chi connectivity index (χ0v) is 15.6. The lowest BCUT2D eigenvalue weighted by atomic mass is 10.1. The average Bonchev–Trinajstić information content (AvgIpc) is 3.05. The second kappa shape index (κ2) is 7.27. The number of anilines is 1. The number of halogens is 1. The number of carbonyl (C=O) groups is 1. The minimum Gasteiger partial charge on any atom is -0.440 e. The molecule has 1 amide bonds. The van der Waals surface area contributed by atoms with E-state index in [1.165, 1.54) is 35.4 Å². The summed E-state index contributed by atoms with van der Waals surface area (Å²) in [5.74, 6) is 0.00552. The number of nitrogens with zero attached hydrogens (tertiary/aromatic N) is 1. The SMILES string of the molecule is Cc1cc2nc(Cc3ccc(NC(=O)c4ccc(F)cc4)cc3)oc2cc1C. The van der Waals surface area contributed by atoms with Crippen LogP contribution in [0.25, 0.3) is 11.1 Å². The Morgan fingerprint density at radius 2 is 1.68 bits per heavy atom. The smallest absolute Gasteiger partial charge is 0.255 e. The first-order valence-corrected chi connectivity index (χ1v) is 9.00. The van der Waals surface area contributed by atoms with E-state index in [0.29, 0.717) is 23.6 Å². The van der Waals surface area contributed by atoms with Gasteiger partial charge in [-0.3, -0.25) is 4.79 Å². The van der Waals surface area contributed by atoms with Gasteiger partial charge >= 0.3 is 0 Å². The third-order valence-electron chi connectivity index (χ3n) is 4.72. The van der Waals surface area contributed by atoms with Gasteiger partial charge in [0.15, 0.2) is 11.5 Å². The van der Waals surface area contributed by atoms with Crippen LogP contribution in [0.2, 0.25) is 0 Å². The molecule has 0 atom stereocenters. The summed E-state index contributed by atoms with van der Waals surface area (Å²) in [4.78, 5) is 16.8. The van der Waals surface area contributed by atoms with Gasteiger partial charge in [0.05, 0.1) is 0 Å². The second-order valence-corrected chi connectivity index (χ2v) is 6.85. The van der Waals surface area contributed by atoms with Crippen LogP contribution in [0.3, 0.4) is 0 Å². The van der Waals surface area contributed by atoms with E-state index in [-0.39, 0.29) is 11.7 Å². The molecule has 0 saturated heterocycles. The van der Waals surface area contributed by atoms with E-state index in [9.17, 15) is 9.18 Å². The molecule has 5 heteroatoms. The van der Waals surface area contributed by atoms with Crippen molar-refractivity contribution in [3.63, 3.8) is 0 Å². The van der Waals surface area contributed by atoms with E-state index >= 15 is 0 Å². The molecule has 0 aliphatic heterocycles. The highest BCUT2D eigenvalue weighted by Gasteiger charge is 2.10. The lowest BCUT2D eigenvalue weighted by Gasteiger charge is -2.06. The normalized spacial score (nSPS) is 11.0. The zero-order chi connectivity index (χ0) is 19.7. The van der Waals surface area contributed by atoms with E-state index in [2.05, 4.69) is 24.1 Å². The number of aromatic nitrogens is 1. The summed E-state index contributed by atoms with van der Waals surface area (Å²) >= 11 is 0. The topological polar surface area (TPSA) is 55.1 Å². The van der Waals surface area contributed by atoms with Gasteiger partial charge in [-0.2, -0.15) is 0 Å². The molecule has 4 nitrogen and oxygen atoms in total. The molecule has 1 aromatic heterocycles. The molecule has 4 aromatic rings. The maximum atomic E-state index is 13.0. The number of nitrogens with one attached hydrogen (secondary N) is 1. The van der Waals surface area contributed by atoms with E-state index in [1.54, 1.807) is 0 Å². The summed E-state index contributed by atoms with van der Waals surface area (Å²) in [5.41, 5.74) is 6.12. The molecule has 1 N–H and O–H groups in total. The first-order valence-electron chi connectivity index (χ1n) is 9.00. The lowest BCUT2D eigenvalue weighted by Crippen LogP contribution is -2.11. The molecule has 0 bridgehead atoms. The van der Waals surface area contributed by atoms with Gasteiger partial charge in [0, 0.05) is 17.7 Å². The Morgan fingerprint density at radius 1 is 1.00 bits per heavy atom. The minimum atomic E-state index is -0.370. The van der Waals surface area contributed by atoms with Crippen LogP contribution < -0.4 is 5.32 Å². The van der Waals surface area contributed by atoms with Crippen molar-refractivity contribution in [2.75, 3.05) is 5.32 Å². The molecule has 140 valence electrons. The molecule has 0 spiro atoms. The highest BCUT2D eigenvalue weighted by molar-refractivity contribution is 6.04. The highest BCUT2D eigenvalue weighted by atomic mass is 19.1. The molecule has 28 heavy (non-hydrogen) atoms. The van der Waals surface area contributed by atoms with Gasteiger partial charge < -0.3 is 9.73 Å². The number of fused-ring (bicyclic) bond motifs is 1. The van der Waals surface area contributed by atoms with Crippen LogP contribution in [0.15, 0.2) is 65.1 Å². The first kappa shape index (κ1) is 17.9. The Hall–Kier alpha value is -3.47. The summed E-state index contributed by atoms with van der Waals surface area (Å²) in [6.07, 6.45) is 0.568. The van der Waals surface area contributed by atoms with Gasteiger partial charge in [-0.1, -0.05) is 12.1 Å². The maximum Gasteiger partial charge on any atom is 0.255 e. The number of benzene rings is 3. The van der Waals surface area contributed by atoms with Gasteiger partial charge in [-0.15, -0.1) is 0 Å². The first-order chi connectivity index (χ1) is 13.5. The van der Waals surface area contributed by atoms with Crippen LogP contribution in [0.4, 0.5) is 10.1 Å². The third-order valence-corrected chi connectivity index (χ3v) is 4.72. The van der Waals surface area contributed by atoms with Crippen molar-refractivity contribution in [2.45, 2.75) is 20.3 Å². The largest absolute Gasteiger partial charge is 0.440 e. The van der Waals surface area contributed by atoms with Crippen molar-refractivity contribution in [1.82, 2.24) is 4.98 Å². The van der Waals surface area contributed by atoms with Gasteiger partial charge in [0.25, 0.3) is 5.91 Å². The van der Waals surface area contributed by atoms with Crippen molar-refractivity contribution in [2.24, 2.45) is 0 Å². The van der Waals surface area contributed by atoms with Crippen LogP contribution >= 0.6 is 0 Å². The number of carbonyl (C=O) groups excluding carboxylic acids is 1. The number of hydrogen-bond donors (Lipinski definition) is 1. The number of hydrogen-bond acceptors (Lipinski definition) is 3. The standard InChI is InChI=1S/C23H19FN2O2/c1-14-11-20-21(12-15(14)2)28-22(26-20)13-16-3-9-19(10-4-16)25-23(27)17-5-7-18(24)8-6-17/h3-12H,13H2,1-2H3,(H,25,27). The fourth-order valence-corrected chi connectivity index (χ4v) is 2.99. The van der Waals surface area contributed by atoms with Gasteiger partial charge in [0.2, 0.25) is 0 Å². The van der Waals surface area contributed by atoms with Crippen molar-refractivity contribution >= 4 is 22.7 Å². The monoisotopic (exact) mass is 374 g/mol. The Kier molecular flexibility index (Phi) is 4.65. The Balaban J connectivity index is 1.46. The molecule has 0 aliphatic rings. The van der Waals surface area contributed by atoms with Crippen molar-refractivity contribution in [3.05, 3.63) is 94.6 Å². The summed E-state index contributed by atoms with van der Waals surface area (Å²) < 4.78 is 18.8. The number of aryl methyl sites for hydroxylation is 2. The van der Waals surface area contributed by atoms with Gasteiger partial charge in [0.1, 0.15) is 11.3 Å². The Labute approximate surface area is 162 Å². The predicted molar refractivity (Wildman–Crippen MR) is 107 cm³/mol. The fourth-order valence-electron chi connectivity index (χ4n) is 2.99. The summed E-state index contributed by atoms with van der Waals surface area (Å²) in [6, 6.07) is 17.0. The quantitative estimate of drug-likeness (QED) is 0.518. The lowest BCUT2D eigenvalue weighted by molar-refractivity contribution is 0.102. The molecule has 0 fully saturated rings. The van der Waals surface area contributed by atoms with Crippen LogP contribution in [-0.4, -0.2) is 10.9 Å². The average molecular weight is 374 g/mol. The summed E-state index contributed by atoms with van der Waals surface area (Å²) in [7, 11) is 0. The molecule has 0 radical (unpaired) electrons. The molecule has 4 rings (SSSR count). The van der Waals surface area contributed by atoms with E-state index in [0.717, 1.165) is 16.7 Å². The summed E-state index contributed by atoms with van der Waals surface area (Å²) in [5, 5.41) is 2.80. The highest BCUT2D eigenvalue weighted by Crippen LogP contribution is 2.22. The van der Waals surface area contributed by atoms with Crippen molar-refractivity contribution in [1.29, 1.82) is 0 Å². The van der Waals surface area contributed by atoms with Crippen LogP contribution in [0.1, 0.15) is 32.9 Å². The molecule has 3 aromatic carbocycles. The summed E-state index contributed by atoms with van der Waals surface area (Å²) in [6.45, 7) is 4.11. The maximum absolute atomic E-state index is 13.0. The molecular formula is C23H19FN2O2. The third kappa shape index (κ3) is 3.78. The zero-order valence-electron chi connectivity index (χ0n) is 15.6. The van der Waals surface area contributed by atoms with Crippen LogP contribution in [0.5, 0.6) is 0 Å².